The van der Waals surface area contributed by atoms with Crippen LogP contribution in [0.4, 0.5) is 0 Å². The van der Waals surface area contributed by atoms with Crippen LogP contribution in [0.2, 0.25) is 0 Å². The molecule has 0 radical (unpaired) electrons. The van der Waals surface area contributed by atoms with E-state index in [1.54, 1.807) is 39.3 Å². The number of fused-ring (bicyclic) bond motifs is 1. The number of hydrogen-bond acceptors (Lipinski definition) is 6. The van der Waals surface area contributed by atoms with Gasteiger partial charge in [-0.1, -0.05) is 0 Å². The number of nitriles is 1. The van der Waals surface area contributed by atoms with Crippen molar-refractivity contribution in [1.29, 1.82) is 5.26 Å². The van der Waals surface area contributed by atoms with E-state index in [4.69, 9.17) is 19.2 Å². The van der Waals surface area contributed by atoms with Gasteiger partial charge in [-0.05, 0) is 32.0 Å². The highest BCUT2D eigenvalue weighted by Crippen LogP contribution is 2.29. The number of rotatable bonds is 6. The molecule has 25 heavy (non-hydrogen) atoms. The highest BCUT2D eigenvalue weighted by Gasteiger charge is 2.26. The summed E-state index contributed by atoms with van der Waals surface area (Å²) in [6.45, 7) is 3.51. The lowest BCUT2D eigenvalue weighted by atomic mass is 10.1. The fourth-order valence-corrected chi connectivity index (χ4v) is 2.42. The summed E-state index contributed by atoms with van der Waals surface area (Å²) in [6.07, 6.45) is -0.758. The Kier molecular flexibility index (Phi) is 5.65. The number of aryl methyl sites for hydroxylation is 1. The normalized spacial score (nSPS) is 11.6. The van der Waals surface area contributed by atoms with E-state index < -0.39 is 12.1 Å². The van der Waals surface area contributed by atoms with Gasteiger partial charge in [0.1, 0.15) is 11.3 Å². The third-order valence-corrected chi connectivity index (χ3v) is 3.90. The first-order valence-corrected chi connectivity index (χ1v) is 7.79. The Morgan fingerprint density at radius 3 is 2.76 bits per heavy atom. The summed E-state index contributed by atoms with van der Waals surface area (Å²) in [5, 5.41) is 9.32. The molecule has 7 heteroatoms. The number of nitrogens with zero attached hydrogens (tertiary/aromatic N) is 2. The molecule has 0 aliphatic heterocycles. The molecule has 2 rings (SSSR count). The number of amides is 1. The lowest BCUT2D eigenvalue weighted by Gasteiger charge is -2.20. The predicted molar refractivity (Wildman–Crippen MR) is 90.2 cm³/mol. The van der Waals surface area contributed by atoms with E-state index >= 15 is 0 Å². The number of carbonyl (C=O) groups excluding carboxylic acids is 2. The molecule has 0 aliphatic carbocycles. The van der Waals surface area contributed by atoms with Crippen molar-refractivity contribution in [3.05, 3.63) is 29.5 Å². The second-order valence-electron chi connectivity index (χ2n) is 5.63. The van der Waals surface area contributed by atoms with Crippen LogP contribution in [-0.2, 0) is 9.53 Å². The van der Waals surface area contributed by atoms with Gasteiger partial charge in [-0.15, -0.1) is 0 Å². The number of benzene rings is 1. The Morgan fingerprint density at radius 1 is 1.40 bits per heavy atom. The topological polar surface area (TPSA) is 92.8 Å². The number of hydrogen-bond donors (Lipinski definition) is 0. The van der Waals surface area contributed by atoms with Gasteiger partial charge in [0.15, 0.2) is 6.10 Å². The summed E-state index contributed by atoms with van der Waals surface area (Å²) in [6, 6.07) is 7.18. The molecule has 0 N–H and O–H groups in total. The van der Waals surface area contributed by atoms with Crippen molar-refractivity contribution in [2.75, 3.05) is 20.7 Å². The van der Waals surface area contributed by atoms with Gasteiger partial charge in [0.25, 0.3) is 5.91 Å². The Labute approximate surface area is 145 Å². The van der Waals surface area contributed by atoms with E-state index in [1.165, 1.54) is 11.8 Å². The maximum absolute atomic E-state index is 12.4. The van der Waals surface area contributed by atoms with Crippen molar-refractivity contribution in [3.8, 4) is 11.8 Å². The van der Waals surface area contributed by atoms with Crippen molar-refractivity contribution < 1.29 is 23.5 Å². The predicted octanol–water partition coefficient (Wildman–Crippen LogP) is 2.67. The molecular weight excluding hydrogens is 324 g/mol. The van der Waals surface area contributed by atoms with Crippen LogP contribution in [0.5, 0.6) is 5.75 Å². The summed E-state index contributed by atoms with van der Waals surface area (Å²) in [4.78, 5) is 25.9. The van der Waals surface area contributed by atoms with Crippen LogP contribution in [0.1, 0.15) is 29.5 Å². The Hall–Kier alpha value is -3.01. The molecule has 1 amide bonds. The first kappa shape index (κ1) is 18.3. The zero-order chi connectivity index (χ0) is 18.6. The van der Waals surface area contributed by atoms with Crippen molar-refractivity contribution in [3.63, 3.8) is 0 Å². The third-order valence-electron chi connectivity index (χ3n) is 3.90. The lowest BCUT2D eigenvalue weighted by Crippen LogP contribution is -2.37. The van der Waals surface area contributed by atoms with E-state index in [1.807, 2.05) is 6.07 Å². The van der Waals surface area contributed by atoms with Crippen molar-refractivity contribution >= 4 is 22.8 Å². The van der Waals surface area contributed by atoms with Crippen molar-refractivity contribution in [1.82, 2.24) is 4.90 Å². The fourth-order valence-electron chi connectivity index (χ4n) is 2.42. The zero-order valence-corrected chi connectivity index (χ0v) is 14.7. The van der Waals surface area contributed by atoms with E-state index in [0.29, 0.717) is 16.9 Å². The zero-order valence-electron chi connectivity index (χ0n) is 14.7. The van der Waals surface area contributed by atoms with Crippen molar-refractivity contribution in [2.45, 2.75) is 26.4 Å². The molecule has 1 heterocycles. The molecular formula is C18H20N2O5. The molecule has 0 saturated heterocycles. The maximum atomic E-state index is 12.4. The SMILES string of the molecule is COc1ccc2oc(C(=O)O[C@@H](C)C(=O)N(C)CCC#N)c(C)c2c1. The van der Waals surface area contributed by atoms with E-state index in [2.05, 4.69) is 0 Å². The second kappa shape index (κ2) is 7.71. The van der Waals surface area contributed by atoms with Crippen LogP contribution >= 0.6 is 0 Å². The first-order valence-electron chi connectivity index (χ1n) is 7.79. The molecule has 7 nitrogen and oxygen atoms in total. The minimum absolute atomic E-state index is 0.0579. The van der Waals surface area contributed by atoms with Gasteiger partial charge in [0.05, 0.1) is 19.6 Å². The first-order chi connectivity index (χ1) is 11.9. The second-order valence-corrected chi connectivity index (χ2v) is 5.63. The van der Waals surface area contributed by atoms with E-state index in [-0.39, 0.29) is 24.6 Å². The van der Waals surface area contributed by atoms with Gasteiger partial charge in [0.2, 0.25) is 5.76 Å². The summed E-state index contributed by atoms with van der Waals surface area (Å²) in [5.41, 5.74) is 1.16. The monoisotopic (exact) mass is 344 g/mol. The van der Waals surface area contributed by atoms with Gasteiger partial charge in [0, 0.05) is 24.5 Å². The van der Waals surface area contributed by atoms with Gasteiger partial charge in [-0.3, -0.25) is 4.79 Å². The Balaban J connectivity index is 2.15. The number of methoxy groups -OCH3 is 1. The Morgan fingerprint density at radius 2 is 2.12 bits per heavy atom. The summed E-state index contributed by atoms with van der Waals surface area (Å²) in [5.74, 6) is -0.372. The molecule has 0 fully saturated rings. The smallest absolute Gasteiger partial charge is 0.375 e. The quantitative estimate of drug-likeness (QED) is 0.748. The molecule has 1 aromatic heterocycles. The number of esters is 1. The molecule has 0 aliphatic rings. The van der Waals surface area contributed by atoms with Crippen LogP contribution in [0, 0.1) is 18.3 Å². The molecule has 0 spiro atoms. The molecule has 0 unspecified atom stereocenters. The third kappa shape index (κ3) is 3.91. The highest BCUT2D eigenvalue weighted by atomic mass is 16.6. The summed E-state index contributed by atoms with van der Waals surface area (Å²) >= 11 is 0. The van der Waals surface area contributed by atoms with E-state index in [9.17, 15) is 9.59 Å². The van der Waals surface area contributed by atoms with Gasteiger partial charge in [-0.25, -0.2) is 4.79 Å². The fraction of sp³-hybridized carbons (Fsp3) is 0.389. The van der Waals surface area contributed by atoms with Gasteiger partial charge < -0.3 is 18.8 Å². The largest absolute Gasteiger partial charge is 0.497 e. The molecule has 1 aromatic carbocycles. The lowest BCUT2D eigenvalue weighted by molar-refractivity contribution is -0.138. The minimum Gasteiger partial charge on any atom is -0.497 e. The maximum Gasteiger partial charge on any atom is 0.375 e. The van der Waals surface area contributed by atoms with Crippen molar-refractivity contribution in [2.24, 2.45) is 0 Å². The minimum atomic E-state index is -0.974. The average molecular weight is 344 g/mol. The van der Waals surface area contributed by atoms with Crippen LogP contribution in [-0.4, -0.2) is 43.6 Å². The standard InChI is InChI=1S/C18H20N2O5/c1-11-14-10-13(23-4)6-7-15(14)25-16(11)18(22)24-12(2)17(21)20(3)9-5-8-19/h6-7,10,12H,5,9H2,1-4H3/t12-/m0/s1. The summed E-state index contributed by atoms with van der Waals surface area (Å²) in [7, 11) is 3.12. The number of likely N-dealkylation sites (N-methyl/N-ethyl adjacent to an activating group) is 1. The molecule has 0 saturated carbocycles. The van der Waals surface area contributed by atoms with Crippen LogP contribution < -0.4 is 4.74 Å². The van der Waals surface area contributed by atoms with Gasteiger partial charge >= 0.3 is 5.97 Å². The number of ether oxygens (including phenoxy) is 2. The average Bonchev–Trinajstić information content (AvgIpc) is 2.95. The van der Waals surface area contributed by atoms with Crippen LogP contribution in [0.3, 0.4) is 0 Å². The summed E-state index contributed by atoms with van der Waals surface area (Å²) < 4.78 is 16.0. The molecule has 0 bridgehead atoms. The highest BCUT2D eigenvalue weighted by molar-refractivity contribution is 5.97. The molecule has 1 atom stereocenters. The number of carbonyl (C=O) groups is 2. The molecule has 2 aromatic rings. The van der Waals surface area contributed by atoms with Crippen LogP contribution in [0.25, 0.3) is 11.0 Å². The van der Waals surface area contributed by atoms with E-state index in [0.717, 1.165) is 5.39 Å². The van der Waals surface area contributed by atoms with Crippen LogP contribution in [0.15, 0.2) is 22.6 Å². The van der Waals surface area contributed by atoms with Gasteiger partial charge in [-0.2, -0.15) is 5.26 Å². The Bertz CT molecular complexity index is 834. The number of furan rings is 1. The molecule has 132 valence electrons.